The third-order valence-corrected chi connectivity index (χ3v) is 6.04. The SMILES string of the molecule is COc1ccc(C(=O)NC(C(=O)NC2CCSc3ccc(F)cc32)C(C)C)cc1. The molecule has 0 aromatic heterocycles. The second-order valence-corrected chi connectivity index (χ2v) is 8.44. The normalized spacial score (nSPS) is 16.7. The maximum atomic E-state index is 13.7. The zero-order valence-corrected chi connectivity index (χ0v) is 17.5. The molecule has 3 rings (SSSR count). The van der Waals surface area contributed by atoms with Crippen LogP contribution in [0.4, 0.5) is 4.39 Å². The van der Waals surface area contributed by atoms with Crippen LogP contribution in [0.15, 0.2) is 47.4 Å². The maximum absolute atomic E-state index is 13.7. The summed E-state index contributed by atoms with van der Waals surface area (Å²) in [5.41, 5.74) is 1.24. The molecule has 0 radical (unpaired) electrons. The zero-order chi connectivity index (χ0) is 21.0. The highest BCUT2D eigenvalue weighted by Gasteiger charge is 2.29. The molecule has 7 heteroatoms. The van der Waals surface area contributed by atoms with Crippen LogP contribution in [0.25, 0.3) is 0 Å². The van der Waals surface area contributed by atoms with Crippen LogP contribution in [0.5, 0.6) is 5.75 Å². The summed E-state index contributed by atoms with van der Waals surface area (Å²) >= 11 is 1.66. The monoisotopic (exact) mass is 416 g/mol. The predicted molar refractivity (Wildman–Crippen MR) is 112 cm³/mol. The lowest BCUT2D eigenvalue weighted by Gasteiger charge is -2.29. The van der Waals surface area contributed by atoms with Gasteiger partial charge in [0.2, 0.25) is 5.91 Å². The second kappa shape index (κ2) is 9.31. The smallest absolute Gasteiger partial charge is 0.251 e. The first-order chi connectivity index (χ1) is 13.9. The van der Waals surface area contributed by atoms with Crippen molar-refractivity contribution < 1.29 is 18.7 Å². The highest BCUT2D eigenvalue weighted by molar-refractivity contribution is 7.99. The summed E-state index contributed by atoms with van der Waals surface area (Å²) in [4.78, 5) is 26.6. The topological polar surface area (TPSA) is 67.4 Å². The van der Waals surface area contributed by atoms with Gasteiger partial charge in [-0.2, -0.15) is 0 Å². The maximum Gasteiger partial charge on any atom is 0.251 e. The van der Waals surface area contributed by atoms with Gasteiger partial charge in [-0.3, -0.25) is 9.59 Å². The summed E-state index contributed by atoms with van der Waals surface area (Å²) in [6.45, 7) is 3.76. The van der Waals surface area contributed by atoms with E-state index in [0.29, 0.717) is 17.7 Å². The number of nitrogens with one attached hydrogen (secondary N) is 2. The van der Waals surface area contributed by atoms with Crippen molar-refractivity contribution in [2.24, 2.45) is 5.92 Å². The standard InChI is InChI=1S/C22H25FN2O3S/c1-13(2)20(25-21(26)14-4-7-16(28-3)8-5-14)22(27)24-18-10-11-29-19-9-6-15(23)12-17(18)19/h4-9,12-13,18,20H,10-11H2,1-3H3,(H,24,27)(H,25,26). The lowest BCUT2D eigenvalue weighted by atomic mass is 9.99. The fourth-order valence-electron chi connectivity index (χ4n) is 3.28. The Kier molecular flexibility index (Phi) is 6.79. The van der Waals surface area contributed by atoms with Gasteiger partial charge in [-0.15, -0.1) is 11.8 Å². The van der Waals surface area contributed by atoms with Crippen LogP contribution in [0.1, 0.15) is 42.2 Å². The molecule has 0 saturated carbocycles. The second-order valence-electron chi connectivity index (χ2n) is 7.30. The molecule has 1 aliphatic heterocycles. The molecule has 2 amide bonds. The molecule has 2 aromatic carbocycles. The Bertz CT molecular complexity index is 886. The van der Waals surface area contributed by atoms with Gasteiger partial charge < -0.3 is 15.4 Å². The Morgan fingerprint density at radius 3 is 2.55 bits per heavy atom. The van der Waals surface area contributed by atoms with Crippen molar-refractivity contribution >= 4 is 23.6 Å². The number of benzene rings is 2. The lowest BCUT2D eigenvalue weighted by Crippen LogP contribution is -2.50. The van der Waals surface area contributed by atoms with Crippen LogP contribution in [-0.4, -0.2) is 30.7 Å². The fraction of sp³-hybridized carbons (Fsp3) is 0.364. The highest BCUT2D eigenvalue weighted by Crippen LogP contribution is 2.36. The summed E-state index contributed by atoms with van der Waals surface area (Å²) in [7, 11) is 1.56. The van der Waals surface area contributed by atoms with Crippen molar-refractivity contribution in [2.75, 3.05) is 12.9 Å². The first-order valence-electron chi connectivity index (χ1n) is 9.56. The Morgan fingerprint density at radius 2 is 1.90 bits per heavy atom. The molecule has 0 spiro atoms. The molecule has 154 valence electrons. The molecule has 2 atom stereocenters. The van der Waals surface area contributed by atoms with Crippen molar-refractivity contribution in [3.8, 4) is 5.75 Å². The van der Waals surface area contributed by atoms with Crippen molar-refractivity contribution in [1.29, 1.82) is 0 Å². The number of carbonyl (C=O) groups excluding carboxylic acids is 2. The van der Waals surface area contributed by atoms with Crippen LogP contribution >= 0.6 is 11.8 Å². The summed E-state index contributed by atoms with van der Waals surface area (Å²) in [6, 6.07) is 10.4. The number of ether oxygens (including phenoxy) is 1. The van der Waals surface area contributed by atoms with Crippen LogP contribution in [-0.2, 0) is 4.79 Å². The molecule has 29 heavy (non-hydrogen) atoms. The van der Waals surface area contributed by atoms with Gasteiger partial charge in [0.05, 0.1) is 13.2 Å². The average molecular weight is 417 g/mol. The number of rotatable bonds is 6. The van der Waals surface area contributed by atoms with Gasteiger partial charge in [0.1, 0.15) is 17.6 Å². The number of thioether (sulfide) groups is 1. The van der Waals surface area contributed by atoms with Gasteiger partial charge in [0.15, 0.2) is 0 Å². The number of carbonyl (C=O) groups is 2. The molecule has 1 heterocycles. The number of halogens is 1. The van der Waals surface area contributed by atoms with Gasteiger partial charge in [-0.25, -0.2) is 4.39 Å². The van der Waals surface area contributed by atoms with Crippen molar-refractivity contribution in [3.05, 3.63) is 59.4 Å². The van der Waals surface area contributed by atoms with Crippen LogP contribution in [0.3, 0.4) is 0 Å². The molecular weight excluding hydrogens is 391 g/mol. The number of methoxy groups -OCH3 is 1. The van der Waals surface area contributed by atoms with Crippen molar-refractivity contribution in [3.63, 3.8) is 0 Å². The minimum Gasteiger partial charge on any atom is -0.497 e. The van der Waals surface area contributed by atoms with E-state index in [0.717, 1.165) is 16.2 Å². The van der Waals surface area contributed by atoms with E-state index in [-0.39, 0.29) is 29.6 Å². The van der Waals surface area contributed by atoms with Gasteiger partial charge in [0, 0.05) is 16.2 Å². The molecule has 0 aliphatic carbocycles. The van der Waals surface area contributed by atoms with E-state index in [1.807, 2.05) is 13.8 Å². The number of hydrogen-bond acceptors (Lipinski definition) is 4. The number of amides is 2. The van der Waals surface area contributed by atoms with E-state index in [9.17, 15) is 14.0 Å². The summed E-state index contributed by atoms with van der Waals surface area (Å²) < 4.78 is 18.8. The Balaban J connectivity index is 1.72. The lowest BCUT2D eigenvalue weighted by molar-refractivity contribution is -0.124. The van der Waals surface area contributed by atoms with E-state index >= 15 is 0 Å². The van der Waals surface area contributed by atoms with Crippen LogP contribution < -0.4 is 15.4 Å². The summed E-state index contributed by atoms with van der Waals surface area (Å²) in [5.74, 6) is 0.469. The van der Waals surface area contributed by atoms with Crippen molar-refractivity contribution in [2.45, 2.75) is 37.2 Å². The minimum atomic E-state index is -0.698. The quantitative estimate of drug-likeness (QED) is 0.749. The highest BCUT2D eigenvalue weighted by atomic mass is 32.2. The largest absolute Gasteiger partial charge is 0.497 e. The minimum absolute atomic E-state index is 0.109. The molecule has 2 N–H and O–H groups in total. The summed E-state index contributed by atoms with van der Waals surface area (Å²) in [5, 5.41) is 5.83. The number of hydrogen-bond donors (Lipinski definition) is 2. The van der Waals surface area contributed by atoms with E-state index in [1.54, 1.807) is 49.2 Å². The molecular formula is C22H25FN2O3S. The molecule has 0 bridgehead atoms. The first-order valence-corrected chi connectivity index (χ1v) is 10.5. The predicted octanol–water partition coefficient (Wildman–Crippen LogP) is 3.94. The molecule has 2 unspecified atom stereocenters. The Hall–Kier alpha value is -2.54. The van der Waals surface area contributed by atoms with E-state index in [4.69, 9.17) is 4.74 Å². The molecule has 1 aliphatic rings. The average Bonchev–Trinajstić information content (AvgIpc) is 2.72. The molecule has 2 aromatic rings. The number of fused-ring (bicyclic) bond motifs is 1. The Morgan fingerprint density at radius 1 is 1.17 bits per heavy atom. The third kappa shape index (κ3) is 5.09. The van der Waals surface area contributed by atoms with E-state index in [1.165, 1.54) is 12.1 Å². The van der Waals surface area contributed by atoms with E-state index < -0.39 is 6.04 Å². The van der Waals surface area contributed by atoms with Gasteiger partial charge in [-0.05, 0) is 60.4 Å². The molecule has 0 fully saturated rings. The van der Waals surface area contributed by atoms with Crippen LogP contribution in [0, 0.1) is 11.7 Å². The fourth-order valence-corrected chi connectivity index (χ4v) is 4.38. The van der Waals surface area contributed by atoms with Crippen molar-refractivity contribution in [1.82, 2.24) is 10.6 Å². The third-order valence-electron chi connectivity index (χ3n) is 4.92. The molecule has 5 nitrogen and oxygen atoms in total. The van der Waals surface area contributed by atoms with Crippen LogP contribution in [0.2, 0.25) is 0 Å². The van der Waals surface area contributed by atoms with Gasteiger partial charge in [-0.1, -0.05) is 13.8 Å². The molecule has 0 saturated heterocycles. The Labute approximate surface area is 174 Å². The first kappa shape index (κ1) is 21.2. The van der Waals surface area contributed by atoms with E-state index in [2.05, 4.69) is 10.6 Å². The summed E-state index contributed by atoms with van der Waals surface area (Å²) in [6.07, 6.45) is 0.712. The zero-order valence-electron chi connectivity index (χ0n) is 16.7. The van der Waals surface area contributed by atoms with Gasteiger partial charge in [0.25, 0.3) is 5.91 Å². The van der Waals surface area contributed by atoms with Gasteiger partial charge >= 0.3 is 0 Å².